The SMILES string of the molecule is Cc1cc(NCCC(=O)O)ncn1. The van der Waals surface area contributed by atoms with E-state index in [1.165, 1.54) is 6.33 Å². The van der Waals surface area contributed by atoms with Crippen LogP contribution in [0.15, 0.2) is 12.4 Å². The zero-order chi connectivity index (χ0) is 9.68. The number of carbonyl (C=O) groups is 1. The molecule has 0 spiro atoms. The third kappa shape index (κ3) is 3.50. The maximum absolute atomic E-state index is 10.2. The third-order valence-corrected chi connectivity index (χ3v) is 1.45. The van der Waals surface area contributed by atoms with Crippen molar-refractivity contribution in [3.63, 3.8) is 0 Å². The number of nitrogens with one attached hydrogen (secondary N) is 1. The Labute approximate surface area is 75.8 Å². The first-order valence-corrected chi connectivity index (χ1v) is 3.93. The molecule has 0 aliphatic rings. The molecule has 70 valence electrons. The Morgan fingerprint density at radius 2 is 2.38 bits per heavy atom. The summed E-state index contributed by atoms with van der Waals surface area (Å²) in [6.07, 6.45) is 1.53. The van der Waals surface area contributed by atoms with Gasteiger partial charge in [0.2, 0.25) is 0 Å². The molecule has 0 bridgehead atoms. The summed E-state index contributed by atoms with van der Waals surface area (Å²) in [4.78, 5) is 18.0. The van der Waals surface area contributed by atoms with Gasteiger partial charge in [-0.3, -0.25) is 4.79 Å². The second-order valence-electron chi connectivity index (χ2n) is 2.62. The van der Waals surface area contributed by atoms with Crippen LogP contribution in [-0.4, -0.2) is 27.6 Å². The molecule has 0 aliphatic heterocycles. The van der Waals surface area contributed by atoms with Gasteiger partial charge in [-0.05, 0) is 6.92 Å². The lowest BCUT2D eigenvalue weighted by atomic mass is 10.4. The van der Waals surface area contributed by atoms with Gasteiger partial charge in [0, 0.05) is 18.3 Å². The van der Waals surface area contributed by atoms with E-state index in [1.807, 2.05) is 6.92 Å². The number of hydrogen-bond acceptors (Lipinski definition) is 4. The molecule has 0 atom stereocenters. The number of carboxylic acid groups (broad SMARTS) is 1. The molecule has 0 saturated heterocycles. The van der Waals surface area contributed by atoms with Gasteiger partial charge in [-0.1, -0.05) is 0 Å². The lowest BCUT2D eigenvalue weighted by Gasteiger charge is -2.02. The Balaban J connectivity index is 2.41. The van der Waals surface area contributed by atoms with Crippen molar-refractivity contribution in [2.75, 3.05) is 11.9 Å². The van der Waals surface area contributed by atoms with E-state index in [-0.39, 0.29) is 6.42 Å². The Kier molecular flexibility index (Phi) is 3.19. The van der Waals surface area contributed by atoms with Crippen molar-refractivity contribution in [2.24, 2.45) is 0 Å². The van der Waals surface area contributed by atoms with E-state index < -0.39 is 5.97 Å². The summed E-state index contributed by atoms with van der Waals surface area (Å²) in [7, 11) is 0. The van der Waals surface area contributed by atoms with Gasteiger partial charge in [0.25, 0.3) is 0 Å². The minimum absolute atomic E-state index is 0.0864. The summed E-state index contributed by atoms with van der Waals surface area (Å²) in [6.45, 7) is 2.23. The van der Waals surface area contributed by atoms with E-state index in [2.05, 4.69) is 15.3 Å². The van der Waals surface area contributed by atoms with Crippen LogP contribution < -0.4 is 5.32 Å². The number of anilines is 1. The quantitative estimate of drug-likeness (QED) is 0.714. The standard InChI is InChI=1S/C8H11N3O2/c1-6-4-7(11-5-10-6)9-3-2-8(12)13/h4-5H,2-3H2,1H3,(H,12,13)(H,9,10,11). The predicted octanol–water partition coefficient (Wildman–Crippen LogP) is 0.672. The minimum atomic E-state index is -0.821. The van der Waals surface area contributed by atoms with Crippen molar-refractivity contribution in [3.8, 4) is 0 Å². The lowest BCUT2D eigenvalue weighted by Crippen LogP contribution is -2.08. The van der Waals surface area contributed by atoms with Gasteiger partial charge in [-0.15, -0.1) is 0 Å². The Morgan fingerprint density at radius 3 is 3.00 bits per heavy atom. The van der Waals surface area contributed by atoms with Crippen LogP contribution in [0.5, 0.6) is 0 Å². The fraction of sp³-hybridized carbons (Fsp3) is 0.375. The number of hydrogen-bond donors (Lipinski definition) is 2. The van der Waals surface area contributed by atoms with Gasteiger partial charge < -0.3 is 10.4 Å². The normalized spacial score (nSPS) is 9.62. The molecule has 2 N–H and O–H groups in total. The Bertz CT molecular complexity index is 301. The summed E-state index contributed by atoms with van der Waals surface area (Å²) < 4.78 is 0. The van der Waals surface area contributed by atoms with Gasteiger partial charge in [0.15, 0.2) is 0 Å². The van der Waals surface area contributed by atoms with Crippen LogP contribution in [0, 0.1) is 6.92 Å². The summed E-state index contributed by atoms with van der Waals surface area (Å²) in [5.74, 6) is -0.160. The highest BCUT2D eigenvalue weighted by molar-refractivity contribution is 5.67. The zero-order valence-corrected chi connectivity index (χ0v) is 7.32. The van der Waals surface area contributed by atoms with Crippen molar-refractivity contribution >= 4 is 11.8 Å². The van der Waals surface area contributed by atoms with Gasteiger partial charge >= 0.3 is 5.97 Å². The van der Waals surface area contributed by atoms with E-state index >= 15 is 0 Å². The van der Waals surface area contributed by atoms with Gasteiger partial charge in [0.1, 0.15) is 12.1 Å². The molecular formula is C8H11N3O2. The van der Waals surface area contributed by atoms with E-state index in [9.17, 15) is 4.79 Å². The molecule has 5 heteroatoms. The predicted molar refractivity (Wildman–Crippen MR) is 47.5 cm³/mol. The highest BCUT2D eigenvalue weighted by Crippen LogP contribution is 2.01. The smallest absolute Gasteiger partial charge is 0.305 e. The van der Waals surface area contributed by atoms with E-state index in [0.29, 0.717) is 12.4 Å². The van der Waals surface area contributed by atoms with Crippen LogP contribution in [0.2, 0.25) is 0 Å². The number of aryl methyl sites for hydroxylation is 1. The average Bonchev–Trinajstić information content (AvgIpc) is 2.03. The first-order chi connectivity index (χ1) is 6.18. The van der Waals surface area contributed by atoms with Crippen LogP contribution in [0.3, 0.4) is 0 Å². The topological polar surface area (TPSA) is 75.1 Å². The summed E-state index contributed by atoms with van der Waals surface area (Å²) in [6, 6.07) is 1.77. The fourth-order valence-corrected chi connectivity index (χ4v) is 0.849. The molecule has 1 heterocycles. The fourth-order valence-electron chi connectivity index (χ4n) is 0.849. The van der Waals surface area contributed by atoms with Crippen LogP contribution in [-0.2, 0) is 4.79 Å². The molecule has 0 fully saturated rings. The average molecular weight is 181 g/mol. The number of nitrogens with zero attached hydrogens (tertiary/aromatic N) is 2. The van der Waals surface area contributed by atoms with E-state index in [4.69, 9.17) is 5.11 Å². The lowest BCUT2D eigenvalue weighted by molar-refractivity contribution is -0.136. The van der Waals surface area contributed by atoms with Crippen molar-refractivity contribution in [3.05, 3.63) is 18.1 Å². The zero-order valence-electron chi connectivity index (χ0n) is 7.32. The van der Waals surface area contributed by atoms with Crippen molar-refractivity contribution in [1.29, 1.82) is 0 Å². The molecule has 5 nitrogen and oxygen atoms in total. The van der Waals surface area contributed by atoms with Crippen LogP contribution >= 0.6 is 0 Å². The maximum atomic E-state index is 10.2. The van der Waals surface area contributed by atoms with E-state index in [1.54, 1.807) is 6.07 Å². The molecular weight excluding hydrogens is 170 g/mol. The highest BCUT2D eigenvalue weighted by Gasteiger charge is 1.97. The summed E-state index contributed by atoms with van der Waals surface area (Å²) >= 11 is 0. The molecule has 0 unspecified atom stereocenters. The molecule has 0 saturated carbocycles. The Hall–Kier alpha value is -1.65. The van der Waals surface area contributed by atoms with Gasteiger partial charge in [0.05, 0.1) is 6.42 Å². The second-order valence-corrected chi connectivity index (χ2v) is 2.62. The van der Waals surface area contributed by atoms with Crippen molar-refractivity contribution in [2.45, 2.75) is 13.3 Å². The molecule has 0 aliphatic carbocycles. The highest BCUT2D eigenvalue weighted by atomic mass is 16.4. The Morgan fingerprint density at radius 1 is 1.62 bits per heavy atom. The summed E-state index contributed by atoms with van der Waals surface area (Å²) in [5, 5.41) is 11.3. The molecule has 0 amide bonds. The second kappa shape index (κ2) is 4.39. The minimum Gasteiger partial charge on any atom is -0.481 e. The number of rotatable bonds is 4. The molecule has 13 heavy (non-hydrogen) atoms. The number of aliphatic carboxylic acids is 1. The van der Waals surface area contributed by atoms with Crippen LogP contribution in [0.1, 0.15) is 12.1 Å². The maximum Gasteiger partial charge on any atom is 0.305 e. The van der Waals surface area contributed by atoms with Crippen molar-refractivity contribution in [1.82, 2.24) is 9.97 Å². The van der Waals surface area contributed by atoms with E-state index in [0.717, 1.165) is 5.69 Å². The molecule has 0 aromatic carbocycles. The molecule has 1 aromatic heterocycles. The number of aromatic nitrogens is 2. The molecule has 0 radical (unpaired) electrons. The number of carboxylic acids is 1. The van der Waals surface area contributed by atoms with Crippen LogP contribution in [0.25, 0.3) is 0 Å². The monoisotopic (exact) mass is 181 g/mol. The van der Waals surface area contributed by atoms with Gasteiger partial charge in [-0.25, -0.2) is 9.97 Å². The first-order valence-electron chi connectivity index (χ1n) is 3.93. The third-order valence-electron chi connectivity index (χ3n) is 1.45. The largest absolute Gasteiger partial charge is 0.481 e. The summed E-state index contributed by atoms with van der Waals surface area (Å²) in [5.41, 5.74) is 0.854. The molecule has 1 aromatic rings. The van der Waals surface area contributed by atoms with Crippen molar-refractivity contribution < 1.29 is 9.90 Å². The van der Waals surface area contributed by atoms with Gasteiger partial charge in [-0.2, -0.15) is 0 Å². The van der Waals surface area contributed by atoms with Crippen LogP contribution in [0.4, 0.5) is 5.82 Å². The first kappa shape index (κ1) is 9.44. The molecule has 1 rings (SSSR count).